The molecule has 0 saturated carbocycles. The molecule has 8 heteroatoms. The van der Waals surface area contributed by atoms with Crippen molar-refractivity contribution < 1.29 is 26.3 Å². The summed E-state index contributed by atoms with van der Waals surface area (Å²) in [6, 6.07) is 3.11. The predicted molar refractivity (Wildman–Crippen MR) is 72.5 cm³/mol. The van der Waals surface area contributed by atoms with E-state index in [9.17, 15) is 21.6 Å². The summed E-state index contributed by atoms with van der Waals surface area (Å²) in [4.78, 5) is -0.787. The van der Waals surface area contributed by atoms with Crippen LogP contribution in [0.3, 0.4) is 0 Å². The third kappa shape index (κ3) is 4.69. The van der Waals surface area contributed by atoms with Crippen molar-refractivity contribution in [3.8, 4) is 0 Å². The lowest BCUT2D eigenvalue weighted by Gasteiger charge is -2.26. The van der Waals surface area contributed by atoms with Crippen molar-refractivity contribution in [1.82, 2.24) is 4.72 Å². The largest absolute Gasteiger partial charge is 0.417 e. The average Bonchev–Trinajstić information content (AvgIpc) is 2.25. The summed E-state index contributed by atoms with van der Waals surface area (Å²) in [6.45, 7) is 4.54. The van der Waals surface area contributed by atoms with Crippen LogP contribution in [-0.2, 0) is 20.9 Å². The molecule has 0 unspecified atom stereocenters. The molecule has 0 aliphatic rings. The molecule has 0 aliphatic heterocycles. The number of alkyl halides is 3. The molecule has 120 valence electrons. The molecule has 1 aromatic rings. The molecule has 4 nitrogen and oxygen atoms in total. The maximum Gasteiger partial charge on any atom is 0.417 e. The first-order chi connectivity index (χ1) is 9.39. The van der Waals surface area contributed by atoms with Crippen LogP contribution < -0.4 is 4.72 Å². The highest BCUT2D eigenvalue weighted by Gasteiger charge is 2.38. The summed E-state index contributed by atoms with van der Waals surface area (Å²) in [7, 11) is -2.94. The number of halogens is 3. The van der Waals surface area contributed by atoms with Crippen LogP contribution in [0.2, 0.25) is 0 Å². The summed E-state index contributed by atoms with van der Waals surface area (Å²) in [5.74, 6) is 0. The Hall–Kier alpha value is -1.12. The fourth-order valence-corrected chi connectivity index (χ4v) is 3.52. The lowest BCUT2D eigenvalue weighted by molar-refractivity contribution is -0.139. The number of sulfonamides is 1. The zero-order valence-electron chi connectivity index (χ0n) is 12.2. The third-order valence-electron chi connectivity index (χ3n) is 2.65. The van der Waals surface area contributed by atoms with Gasteiger partial charge in [-0.15, -0.1) is 0 Å². The second kappa shape index (κ2) is 5.94. The van der Waals surface area contributed by atoms with Crippen molar-refractivity contribution >= 4 is 10.0 Å². The van der Waals surface area contributed by atoms with Gasteiger partial charge in [0.1, 0.15) is 0 Å². The number of hydrogen-bond acceptors (Lipinski definition) is 3. The summed E-state index contributed by atoms with van der Waals surface area (Å²) >= 11 is 0. The third-order valence-corrected chi connectivity index (χ3v) is 4.40. The molecule has 0 amide bonds. The molecule has 0 radical (unpaired) electrons. The standard InChI is InChI=1S/C13H18F3NO3S/c1-9-5-6-11(10(7-9)13(14,15)16)21(18,19)17-12(2,3)8-20-4/h5-7,17H,8H2,1-4H3. The molecule has 1 N–H and O–H groups in total. The normalized spacial score (nSPS) is 13.5. The van der Waals surface area contributed by atoms with E-state index in [4.69, 9.17) is 4.74 Å². The molecule has 0 spiro atoms. The highest BCUT2D eigenvalue weighted by atomic mass is 32.2. The molecule has 1 rings (SSSR count). The summed E-state index contributed by atoms with van der Waals surface area (Å²) < 4.78 is 70.6. The Balaban J connectivity index is 3.33. The van der Waals surface area contributed by atoms with Crippen LogP contribution in [0, 0.1) is 6.92 Å². The molecule has 0 aliphatic carbocycles. The van der Waals surface area contributed by atoms with Gasteiger partial charge < -0.3 is 4.74 Å². The number of hydrogen-bond donors (Lipinski definition) is 1. The quantitative estimate of drug-likeness (QED) is 0.905. The zero-order chi connectivity index (χ0) is 16.5. The van der Waals surface area contributed by atoms with Crippen LogP contribution in [0.1, 0.15) is 25.0 Å². The first-order valence-corrected chi connectivity index (χ1v) is 7.58. The van der Waals surface area contributed by atoms with Gasteiger partial charge in [-0.3, -0.25) is 0 Å². The van der Waals surface area contributed by atoms with E-state index in [-0.39, 0.29) is 6.61 Å². The van der Waals surface area contributed by atoms with E-state index >= 15 is 0 Å². The SMILES string of the molecule is COCC(C)(C)NS(=O)(=O)c1ccc(C)cc1C(F)(F)F. The van der Waals surface area contributed by atoms with Crippen molar-refractivity contribution in [1.29, 1.82) is 0 Å². The molecular formula is C13H18F3NO3S. The number of ether oxygens (including phenoxy) is 1. The Morgan fingerprint density at radius 2 is 1.81 bits per heavy atom. The van der Waals surface area contributed by atoms with Gasteiger partial charge in [0, 0.05) is 7.11 Å². The van der Waals surface area contributed by atoms with E-state index in [0.717, 1.165) is 12.1 Å². The summed E-state index contributed by atoms with van der Waals surface area (Å²) in [5, 5.41) is 0. The topological polar surface area (TPSA) is 55.4 Å². The molecule has 0 atom stereocenters. The Morgan fingerprint density at radius 1 is 1.24 bits per heavy atom. The maximum absolute atomic E-state index is 13.0. The Kier molecular flexibility index (Phi) is 5.07. The second-order valence-corrected chi connectivity index (χ2v) is 7.07. The summed E-state index contributed by atoms with van der Waals surface area (Å²) in [5.41, 5.74) is -1.87. The van der Waals surface area contributed by atoms with E-state index in [0.29, 0.717) is 5.56 Å². The van der Waals surface area contributed by atoms with Gasteiger partial charge in [-0.2, -0.15) is 13.2 Å². The molecule has 0 fully saturated rings. The minimum atomic E-state index is -4.75. The van der Waals surface area contributed by atoms with Gasteiger partial charge in [-0.25, -0.2) is 13.1 Å². The number of benzene rings is 1. The van der Waals surface area contributed by atoms with E-state index < -0.39 is 32.2 Å². The number of aryl methyl sites for hydroxylation is 1. The highest BCUT2D eigenvalue weighted by Crippen LogP contribution is 2.35. The Bertz CT molecular complexity index is 610. The van der Waals surface area contributed by atoms with Gasteiger partial charge in [0.05, 0.1) is 22.6 Å². The van der Waals surface area contributed by atoms with Gasteiger partial charge in [0.2, 0.25) is 10.0 Å². The van der Waals surface area contributed by atoms with Crippen LogP contribution >= 0.6 is 0 Å². The minimum Gasteiger partial charge on any atom is -0.383 e. The minimum absolute atomic E-state index is 0.0272. The van der Waals surface area contributed by atoms with Crippen molar-refractivity contribution in [2.24, 2.45) is 0 Å². The van der Waals surface area contributed by atoms with Crippen LogP contribution in [0.15, 0.2) is 23.1 Å². The Labute approximate surface area is 122 Å². The van der Waals surface area contributed by atoms with Crippen LogP contribution in [0.4, 0.5) is 13.2 Å². The molecule has 21 heavy (non-hydrogen) atoms. The fraction of sp³-hybridized carbons (Fsp3) is 0.538. The van der Waals surface area contributed by atoms with E-state index in [1.165, 1.54) is 33.9 Å². The van der Waals surface area contributed by atoms with E-state index in [2.05, 4.69) is 4.72 Å². The molecule has 0 bridgehead atoms. The van der Waals surface area contributed by atoms with Crippen molar-refractivity contribution in [2.75, 3.05) is 13.7 Å². The highest BCUT2D eigenvalue weighted by molar-refractivity contribution is 7.89. The monoisotopic (exact) mass is 325 g/mol. The van der Waals surface area contributed by atoms with E-state index in [1.54, 1.807) is 0 Å². The number of methoxy groups -OCH3 is 1. The van der Waals surface area contributed by atoms with Crippen molar-refractivity contribution in [2.45, 2.75) is 37.4 Å². The van der Waals surface area contributed by atoms with Gasteiger partial charge in [0.25, 0.3) is 0 Å². The first-order valence-electron chi connectivity index (χ1n) is 6.10. The molecule has 0 heterocycles. The van der Waals surface area contributed by atoms with Gasteiger partial charge >= 0.3 is 6.18 Å². The second-order valence-electron chi connectivity index (χ2n) is 5.42. The number of nitrogens with one attached hydrogen (secondary N) is 1. The van der Waals surface area contributed by atoms with Gasteiger partial charge in [-0.05, 0) is 32.9 Å². The molecular weight excluding hydrogens is 307 g/mol. The fourth-order valence-electron chi connectivity index (χ4n) is 1.91. The Morgan fingerprint density at radius 3 is 2.29 bits per heavy atom. The zero-order valence-corrected chi connectivity index (χ0v) is 13.0. The van der Waals surface area contributed by atoms with Crippen LogP contribution in [-0.4, -0.2) is 27.7 Å². The maximum atomic E-state index is 13.0. The smallest absolute Gasteiger partial charge is 0.383 e. The van der Waals surface area contributed by atoms with Crippen molar-refractivity contribution in [3.05, 3.63) is 29.3 Å². The van der Waals surface area contributed by atoms with Gasteiger partial charge in [-0.1, -0.05) is 11.6 Å². The molecule has 0 aromatic heterocycles. The predicted octanol–water partition coefficient (Wildman–Crippen LogP) is 2.72. The molecule has 1 aromatic carbocycles. The summed E-state index contributed by atoms with van der Waals surface area (Å²) in [6.07, 6.45) is -4.75. The van der Waals surface area contributed by atoms with Gasteiger partial charge in [0.15, 0.2) is 0 Å². The first kappa shape index (κ1) is 17.9. The number of rotatable bonds is 5. The molecule has 0 saturated heterocycles. The van der Waals surface area contributed by atoms with Crippen LogP contribution in [0.25, 0.3) is 0 Å². The lowest BCUT2D eigenvalue weighted by Crippen LogP contribution is -2.47. The average molecular weight is 325 g/mol. The van der Waals surface area contributed by atoms with Crippen LogP contribution in [0.5, 0.6) is 0 Å². The lowest BCUT2D eigenvalue weighted by atomic mass is 10.1. The van der Waals surface area contributed by atoms with E-state index in [1.807, 2.05) is 0 Å². The van der Waals surface area contributed by atoms with Crippen molar-refractivity contribution in [3.63, 3.8) is 0 Å².